The Labute approximate surface area is 156 Å². The number of amides is 1. The SMILES string of the molecule is O=C(c1ccc(Cl)c(Cl)c1)N1CCN(CCc2ccccc2F)CC1. The van der Waals surface area contributed by atoms with Gasteiger partial charge in [0.15, 0.2) is 0 Å². The number of halogens is 3. The molecule has 0 aromatic heterocycles. The maximum Gasteiger partial charge on any atom is 0.253 e. The number of benzene rings is 2. The highest BCUT2D eigenvalue weighted by molar-refractivity contribution is 6.42. The largest absolute Gasteiger partial charge is 0.336 e. The Balaban J connectivity index is 1.52. The van der Waals surface area contributed by atoms with Crippen LogP contribution in [0.25, 0.3) is 0 Å². The normalized spacial score (nSPS) is 15.4. The molecule has 0 saturated carbocycles. The van der Waals surface area contributed by atoms with Crippen molar-refractivity contribution in [2.45, 2.75) is 6.42 Å². The number of rotatable bonds is 4. The molecule has 0 N–H and O–H groups in total. The van der Waals surface area contributed by atoms with E-state index in [4.69, 9.17) is 23.2 Å². The van der Waals surface area contributed by atoms with Crippen LogP contribution in [-0.4, -0.2) is 48.4 Å². The summed E-state index contributed by atoms with van der Waals surface area (Å²) in [6.45, 7) is 3.64. The number of piperazine rings is 1. The molecule has 6 heteroatoms. The van der Waals surface area contributed by atoms with Crippen molar-refractivity contribution in [1.82, 2.24) is 9.80 Å². The van der Waals surface area contributed by atoms with E-state index in [1.54, 1.807) is 24.3 Å². The number of carbonyl (C=O) groups excluding carboxylic acids is 1. The van der Waals surface area contributed by atoms with E-state index in [9.17, 15) is 9.18 Å². The second-order valence-corrected chi connectivity index (χ2v) is 6.92. The molecule has 1 heterocycles. The van der Waals surface area contributed by atoms with Gasteiger partial charge in [0, 0.05) is 38.3 Å². The minimum atomic E-state index is -0.157. The minimum Gasteiger partial charge on any atom is -0.336 e. The summed E-state index contributed by atoms with van der Waals surface area (Å²) in [5.41, 5.74) is 1.28. The summed E-state index contributed by atoms with van der Waals surface area (Å²) in [6.07, 6.45) is 0.674. The summed E-state index contributed by atoms with van der Waals surface area (Å²) in [4.78, 5) is 16.6. The standard InChI is InChI=1S/C19H19Cl2FN2O/c20-16-6-5-15(13-17(16)21)19(25)24-11-9-23(10-12-24)8-7-14-3-1-2-4-18(14)22/h1-6,13H,7-12H2. The molecule has 3 nitrogen and oxygen atoms in total. The molecule has 3 rings (SSSR count). The molecule has 0 bridgehead atoms. The van der Waals surface area contributed by atoms with E-state index in [0.29, 0.717) is 35.1 Å². The van der Waals surface area contributed by atoms with Crippen molar-refractivity contribution in [3.63, 3.8) is 0 Å². The predicted molar refractivity (Wildman–Crippen MR) is 98.9 cm³/mol. The van der Waals surface area contributed by atoms with Gasteiger partial charge in [-0.25, -0.2) is 4.39 Å². The van der Waals surface area contributed by atoms with Crippen LogP contribution in [0, 0.1) is 5.82 Å². The molecule has 1 aliphatic rings. The van der Waals surface area contributed by atoms with E-state index in [-0.39, 0.29) is 11.7 Å². The van der Waals surface area contributed by atoms with Gasteiger partial charge in [-0.05, 0) is 36.2 Å². The van der Waals surface area contributed by atoms with Crippen molar-refractivity contribution in [3.8, 4) is 0 Å². The smallest absolute Gasteiger partial charge is 0.253 e. The van der Waals surface area contributed by atoms with Gasteiger partial charge in [-0.15, -0.1) is 0 Å². The number of hydrogen-bond acceptors (Lipinski definition) is 2. The average molecular weight is 381 g/mol. The third-order valence-electron chi connectivity index (χ3n) is 4.48. The maximum atomic E-state index is 13.7. The van der Waals surface area contributed by atoms with Crippen LogP contribution in [0.5, 0.6) is 0 Å². The average Bonchev–Trinajstić information content (AvgIpc) is 2.63. The van der Waals surface area contributed by atoms with Gasteiger partial charge in [0.1, 0.15) is 5.82 Å². The van der Waals surface area contributed by atoms with Gasteiger partial charge in [0.05, 0.1) is 10.0 Å². The molecule has 2 aromatic carbocycles. The molecule has 1 aliphatic heterocycles. The zero-order chi connectivity index (χ0) is 17.8. The molecule has 132 valence electrons. The van der Waals surface area contributed by atoms with Crippen LogP contribution in [0.15, 0.2) is 42.5 Å². The van der Waals surface area contributed by atoms with Crippen molar-refractivity contribution >= 4 is 29.1 Å². The summed E-state index contributed by atoms with van der Waals surface area (Å²) < 4.78 is 13.7. The summed E-state index contributed by atoms with van der Waals surface area (Å²) in [5.74, 6) is -0.191. The van der Waals surface area contributed by atoms with Gasteiger partial charge in [0.2, 0.25) is 0 Å². The number of hydrogen-bond donors (Lipinski definition) is 0. The van der Waals surface area contributed by atoms with Crippen LogP contribution >= 0.6 is 23.2 Å². The highest BCUT2D eigenvalue weighted by atomic mass is 35.5. The van der Waals surface area contributed by atoms with Gasteiger partial charge in [-0.1, -0.05) is 41.4 Å². The monoisotopic (exact) mass is 380 g/mol. The molecule has 25 heavy (non-hydrogen) atoms. The second-order valence-electron chi connectivity index (χ2n) is 6.10. The molecule has 2 aromatic rings. The number of nitrogens with zero attached hydrogens (tertiary/aromatic N) is 2. The van der Waals surface area contributed by atoms with Crippen molar-refractivity contribution in [1.29, 1.82) is 0 Å². The first-order valence-electron chi connectivity index (χ1n) is 8.24. The Bertz CT molecular complexity index is 761. The summed E-state index contributed by atoms with van der Waals surface area (Å²) in [7, 11) is 0. The van der Waals surface area contributed by atoms with Crippen LogP contribution < -0.4 is 0 Å². The topological polar surface area (TPSA) is 23.6 Å². The summed E-state index contributed by atoms with van der Waals surface area (Å²) in [5, 5.41) is 0.826. The second kappa shape index (κ2) is 8.17. The molecule has 0 radical (unpaired) electrons. The third kappa shape index (κ3) is 4.51. The maximum absolute atomic E-state index is 13.7. The van der Waals surface area contributed by atoms with E-state index in [1.807, 2.05) is 17.0 Å². The van der Waals surface area contributed by atoms with Crippen molar-refractivity contribution < 1.29 is 9.18 Å². The first-order chi connectivity index (χ1) is 12.0. The predicted octanol–water partition coefficient (Wildman–Crippen LogP) is 4.13. The van der Waals surface area contributed by atoms with Crippen LogP contribution in [0.1, 0.15) is 15.9 Å². The zero-order valence-corrected chi connectivity index (χ0v) is 15.2. The third-order valence-corrected chi connectivity index (χ3v) is 5.22. The highest BCUT2D eigenvalue weighted by Crippen LogP contribution is 2.23. The lowest BCUT2D eigenvalue weighted by molar-refractivity contribution is 0.0638. The highest BCUT2D eigenvalue weighted by Gasteiger charge is 2.22. The van der Waals surface area contributed by atoms with E-state index in [2.05, 4.69) is 4.90 Å². The molecule has 1 saturated heterocycles. The Morgan fingerprint density at radius 3 is 2.40 bits per heavy atom. The number of carbonyl (C=O) groups is 1. The van der Waals surface area contributed by atoms with Gasteiger partial charge >= 0.3 is 0 Å². The fourth-order valence-electron chi connectivity index (χ4n) is 2.97. The van der Waals surface area contributed by atoms with E-state index >= 15 is 0 Å². The van der Waals surface area contributed by atoms with Crippen LogP contribution in [0.4, 0.5) is 4.39 Å². The zero-order valence-electron chi connectivity index (χ0n) is 13.7. The van der Waals surface area contributed by atoms with Crippen LogP contribution in [-0.2, 0) is 6.42 Å². The van der Waals surface area contributed by atoms with Gasteiger partial charge < -0.3 is 4.90 Å². The molecule has 0 unspecified atom stereocenters. The Kier molecular flexibility index (Phi) is 5.94. The van der Waals surface area contributed by atoms with Gasteiger partial charge in [-0.3, -0.25) is 9.69 Å². The molecule has 0 atom stereocenters. The van der Waals surface area contributed by atoms with E-state index in [0.717, 1.165) is 25.2 Å². The van der Waals surface area contributed by atoms with Gasteiger partial charge in [-0.2, -0.15) is 0 Å². The molecule has 0 spiro atoms. The summed E-state index contributed by atoms with van der Waals surface area (Å²) in [6, 6.07) is 11.8. The fraction of sp³-hybridized carbons (Fsp3) is 0.316. The van der Waals surface area contributed by atoms with E-state index in [1.165, 1.54) is 6.07 Å². The Morgan fingerprint density at radius 2 is 1.72 bits per heavy atom. The molecule has 1 amide bonds. The van der Waals surface area contributed by atoms with Crippen LogP contribution in [0.3, 0.4) is 0 Å². The fourth-order valence-corrected chi connectivity index (χ4v) is 3.26. The molecular formula is C19H19Cl2FN2O. The lowest BCUT2D eigenvalue weighted by Crippen LogP contribution is -2.49. The van der Waals surface area contributed by atoms with E-state index < -0.39 is 0 Å². The lowest BCUT2D eigenvalue weighted by Gasteiger charge is -2.34. The molecule has 0 aliphatic carbocycles. The van der Waals surface area contributed by atoms with Gasteiger partial charge in [0.25, 0.3) is 5.91 Å². The summed E-state index contributed by atoms with van der Waals surface area (Å²) >= 11 is 11.9. The first kappa shape index (κ1) is 18.2. The molecule has 1 fully saturated rings. The molecular weight excluding hydrogens is 362 g/mol. The van der Waals surface area contributed by atoms with Crippen LogP contribution in [0.2, 0.25) is 10.0 Å². The Hall–Kier alpha value is -1.62. The van der Waals surface area contributed by atoms with Crippen molar-refractivity contribution in [2.24, 2.45) is 0 Å². The lowest BCUT2D eigenvalue weighted by atomic mass is 10.1. The van der Waals surface area contributed by atoms with Crippen molar-refractivity contribution in [2.75, 3.05) is 32.7 Å². The quantitative estimate of drug-likeness (QED) is 0.795. The van der Waals surface area contributed by atoms with Crippen molar-refractivity contribution in [3.05, 3.63) is 69.5 Å². The minimum absolute atomic E-state index is 0.0349. The first-order valence-corrected chi connectivity index (χ1v) is 9.00. The Morgan fingerprint density at radius 1 is 1.00 bits per heavy atom.